The molecule has 0 saturated heterocycles. The van der Waals surface area contributed by atoms with Crippen molar-refractivity contribution in [2.45, 2.75) is 31.4 Å². The lowest BCUT2D eigenvalue weighted by Gasteiger charge is -2.18. The number of benzene rings is 2. The van der Waals surface area contributed by atoms with Crippen LogP contribution in [0.1, 0.15) is 24.8 Å². The highest BCUT2D eigenvalue weighted by Gasteiger charge is 2.40. The van der Waals surface area contributed by atoms with Crippen LogP contribution in [0.5, 0.6) is 5.88 Å². The maximum atomic E-state index is 10.3. The normalized spacial score (nSPS) is 11.2. The zero-order valence-corrected chi connectivity index (χ0v) is 22.3. The number of halogens is 2. The van der Waals surface area contributed by atoms with Crippen molar-refractivity contribution >= 4 is 52.0 Å². The zero-order valence-electron chi connectivity index (χ0n) is 20.8. The summed E-state index contributed by atoms with van der Waals surface area (Å²) >= 11 is 12.1. The molecule has 11 nitrogen and oxygen atoms in total. The highest BCUT2D eigenvalue weighted by molar-refractivity contribution is 6.31. The van der Waals surface area contributed by atoms with Crippen LogP contribution in [0.2, 0.25) is 10.0 Å². The van der Waals surface area contributed by atoms with E-state index in [1.807, 2.05) is 47.1 Å². The third-order valence-corrected chi connectivity index (χ3v) is 5.69. The van der Waals surface area contributed by atoms with Gasteiger partial charge in [-0.3, -0.25) is 14.3 Å². The van der Waals surface area contributed by atoms with E-state index in [0.29, 0.717) is 24.1 Å². The lowest BCUT2D eigenvalue weighted by Crippen LogP contribution is -2.42. The average Bonchev–Trinajstić information content (AvgIpc) is 3.13. The number of aliphatic hydroxyl groups is 1. The number of carboxylic acid groups (broad SMARTS) is 3. The molecule has 0 fully saturated rings. The maximum Gasteiger partial charge on any atom is 0.336 e. The maximum absolute atomic E-state index is 10.3. The molecule has 0 unspecified atom stereocenters. The van der Waals surface area contributed by atoms with Crippen molar-refractivity contribution in [1.29, 1.82) is 0 Å². The van der Waals surface area contributed by atoms with E-state index in [4.69, 9.17) is 48.4 Å². The molecular formula is C25H29Cl2N3O8. The monoisotopic (exact) mass is 569 g/mol. The molecule has 1 heterocycles. The number of aliphatic carboxylic acids is 3. The molecule has 0 atom stereocenters. The van der Waals surface area contributed by atoms with Gasteiger partial charge < -0.3 is 30.1 Å². The molecule has 0 saturated carbocycles. The van der Waals surface area contributed by atoms with Crippen molar-refractivity contribution in [1.82, 2.24) is 14.7 Å². The first-order chi connectivity index (χ1) is 17.8. The van der Waals surface area contributed by atoms with Gasteiger partial charge in [-0.15, -0.1) is 5.10 Å². The topological polar surface area (TPSA) is 162 Å². The largest absolute Gasteiger partial charge is 0.481 e. The Kier molecular flexibility index (Phi) is 11.3. The molecule has 3 aromatic rings. The minimum Gasteiger partial charge on any atom is -0.481 e. The molecule has 0 amide bonds. The minimum atomic E-state index is -2.74. The van der Waals surface area contributed by atoms with Gasteiger partial charge in [-0.25, -0.2) is 4.79 Å². The number of ether oxygens (including phenoxy) is 1. The highest BCUT2D eigenvalue weighted by atomic mass is 35.5. The summed E-state index contributed by atoms with van der Waals surface area (Å²) in [7, 11) is 4.11. The Hall–Kier alpha value is -3.38. The summed E-state index contributed by atoms with van der Waals surface area (Å²) < 4.78 is 7.85. The molecule has 3 rings (SSSR count). The van der Waals surface area contributed by atoms with Gasteiger partial charge in [0.1, 0.15) is 0 Å². The fraction of sp³-hybridized carbons (Fsp3) is 0.360. The zero-order chi connectivity index (χ0) is 28.5. The van der Waals surface area contributed by atoms with Gasteiger partial charge >= 0.3 is 17.9 Å². The van der Waals surface area contributed by atoms with Crippen molar-refractivity contribution in [3.63, 3.8) is 0 Å². The van der Waals surface area contributed by atoms with Crippen LogP contribution >= 0.6 is 23.2 Å². The van der Waals surface area contributed by atoms with Crippen molar-refractivity contribution in [2.75, 3.05) is 27.2 Å². The summed E-state index contributed by atoms with van der Waals surface area (Å²) in [5, 5.41) is 40.8. The van der Waals surface area contributed by atoms with E-state index in [2.05, 4.69) is 24.1 Å². The Morgan fingerprint density at radius 3 is 2.08 bits per heavy atom. The molecule has 2 aromatic carbocycles. The first-order valence-electron chi connectivity index (χ1n) is 11.4. The molecule has 0 aliphatic rings. The number of aromatic nitrogens is 2. The summed E-state index contributed by atoms with van der Waals surface area (Å²) in [6.07, 6.45) is -1.34. The predicted molar refractivity (Wildman–Crippen MR) is 141 cm³/mol. The molecule has 4 N–H and O–H groups in total. The summed E-state index contributed by atoms with van der Waals surface area (Å²) in [6.45, 7) is 2.25. The Morgan fingerprint density at radius 1 is 0.974 bits per heavy atom. The van der Waals surface area contributed by atoms with Crippen LogP contribution in [0.25, 0.3) is 10.9 Å². The lowest BCUT2D eigenvalue weighted by atomic mass is 9.96. The number of fused-ring (bicyclic) bond motifs is 1. The Morgan fingerprint density at radius 2 is 1.55 bits per heavy atom. The smallest absolute Gasteiger partial charge is 0.336 e. The van der Waals surface area contributed by atoms with E-state index in [-0.39, 0.29) is 0 Å². The average molecular weight is 570 g/mol. The molecule has 13 heteroatoms. The molecule has 0 bridgehead atoms. The summed E-state index contributed by atoms with van der Waals surface area (Å²) in [5.41, 5.74) is -0.657. The molecule has 38 heavy (non-hydrogen) atoms. The van der Waals surface area contributed by atoms with Crippen LogP contribution in [0.15, 0.2) is 42.5 Å². The van der Waals surface area contributed by atoms with Gasteiger partial charge in [0.2, 0.25) is 5.88 Å². The highest BCUT2D eigenvalue weighted by Crippen LogP contribution is 2.28. The molecule has 206 valence electrons. The molecule has 1 aromatic heterocycles. The van der Waals surface area contributed by atoms with Crippen molar-refractivity contribution < 1.29 is 39.5 Å². The minimum absolute atomic E-state index is 0.633. The predicted octanol–water partition coefficient (Wildman–Crippen LogP) is 3.47. The van der Waals surface area contributed by atoms with E-state index >= 15 is 0 Å². The van der Waals surface area contributed by atoms with Crippen LogP contribution in [0.4, 0.5) is 0 Å². The third kappa shape index (κ3) is 9.49. The van der Waals surface area contributed by atoms with Crippen molar-refractivity contribution in [2.24, 2.45) is 0 Å². The first-order valence-corrected chi connectivity index (χ1v) is 12.1. The standard InChI is InChI=1S/C19H21Cl2N3O.C6H8O7/c1-23(2)10-3-11-25-19-17-9-8-16(21)12-18(17)24(22-19)13-14-4-6-15(20)7-5-14;7-3(8)1-6(13,5(11)12)2-4(9)10/h4-9,12H,3,10-11,13H2,1-2H3;13H,1-2H2,(H,7,8)(H,9,10)(H,11,12). The van der Waals surface area contributed by atoms with Crippen LogP contribution < -0.4 is 4.74 Å². The van der Waals surface area contributed by atoms with E-state index in [9.17, 15) is 14.4 Å². The third-order valence-electron chi connectivity index (χ3n) is 5.20. The second-order valence-electron chi connectivity index (χ2n) is 8.73. The fourth-order valence-corrected chi connectivity index (χ4v) is 3.66. The van der Waals surface area contributed by atoms with Gasteiger partial charge in [0.25, 0.3) is 0 Å². The van der Waals surface area contributed by atoms with Gasteiger partial charge in [-0.05, 0) is 56.4 Å². The van der Waals surface area contributed by atoms with E-state index < -0.39 is 36.4 Å². The fourth-order valence-electron chi connectivity index (χ4n) is 3.37. The lowest BCUT2D eigenvalue weighted by molar-refractivity contribution is -0.170. The van der Waals surface area contributed by atoms with Crippen molar-refractivity contribution in [3.8, 4) is 5.88 Å². The summed E-state index contributed by atoms with van der Waals surface area (Å²) in [6, 6.07) is 13.5. The van der Waals surface area contributed by atoms with Crippen LogP contribution in [-0.4, -0.2) is 85.9 Å². The number of hydrogen-bond acceptors (Lipinski definition) is 7. The SMILES string of the molecule is CN(C)CCCOc1nn(Cc2ccc(Cl)cc2)c2cc(Cl)ccc12.O=C(O)CC(O)(CC(=O)O)C(=O)O. The Balaban J connectivity index is 0.000000332. The number of hydrogen-bond donors (Lipinski definition) is 4. The Bertz CT molecular complexity index is 1250. The van der Waals surface area contributed by atoms with Gasteiger partial charge in [-0.1, -0.05) is 35.3 Å². The van der Waals surface area contributed by atoms with Crippen LogP contribution in [-0.2, 0) is 20.9 Å². The number of nitrogens with zero attached hydrogens (tertiary/aromatic N) is 3. The molecular weight excluding hydrogens is 541 g/mol. The van der Waals surface area contributed by atoms with Crippen molar-refractivity contribution in [3.05, 3.63) is 58.1 Å². The number of carboxylic acids is 3. The first kappa shape index (κ1) is 30.8. The summed E-state index contributed by atoms with van der Waals surface area (Å²) in [5.74, 6) is -4.37. The van der Waals surface area contributed by atoms with E-state index in [0.717, 1.165) is 34.5 Å². The second-order valence-corrected chi connectivity index (χ2v) is 9.61. The number of carbonyl (C=O) groups is 3. The number of rotatable bonds is 12. The summed E-state index contributed by atoms with van der Waals surface area (Å²) in [4.78, 5) is 32.6. The van der Waals surface area contributed by atoms with Crippen LogP contribution in [0, 0.1) is 0 Å². The van der Waals surface area contributed by atoms with Gasteiger partial charge in [0.05, 0.1) is 36.9 Å². The van der Waals surface area contributed by atoms with E-state index in [1.165, 1.54) is 0 Å². The molecule has 0 radical (unpaired) electrons. The van der Waals surface area contributed by atoms with Gasteiger partial charge in [0, 0.05) is 16.6 Å². The Labute approximate surface area is 228 Å². The quantitative estimate of drug-likeness (QED) is 0.237. The van der Waals surface area contributed by atoms with Gasteiger partial charge in [-0.2, -0.15) is 0 Å². The van der Waals surface area contributed by atoms with Gasteiger partial charge in [0.15, 0.2) is 5.60 Å². The molecule has 0 aliphatic carbocycles. The van der Waals surface area contributed by atoms with Crippen LogP contribution in [0.3, 0.4) is 0 Å². The second kappa shape index (κ2) is 14.0. The van der Waals surface area contributed by atoms with E-state index in [1.54, 1.807) is 0 Å². The molecule has 0 spiro atoms. The molecule has 0 aliphatic heterocycles.